The Hall–Kier alpha value is -1.37. The number of amides is 1. The normalized spacial score (nSPS) is 35.4. The zero-order chi connectivity index (χ0) is 12.8. The lowest BCUT2D eigenvalue weighted by Gasteiger charge is -2.23. The largest absolute Gasteiger partial charge is 0.374 e. The third kappa shape index (κ3) is 1.96. The molecule has 2 aliphatic heterocycles. The summed E-state index contributed by atoms with van der Waals surface area (Å²) in [5.74, 6) is 0.580. The van der Waals surface area contributed by atoms with Gasteiger partial charge in [-0.25, -0.2) is 5.43 Å². The minimum Gasteiger partial charge on any atom is -0.374 e. The third-order valence-corrected chi connectivity index (χ3v) is 4.21. The smallest absolute Gasteiger partial charge is 0.269 e. The van der Waals surface area contributed by atoms with E-state index in [1.807, 2.05) is 0 Å². The number of nitrogens with one attached hydrogen (secondary N) is 4. The fourth-order valence-corrected chi connectivity index (χ4v) is 3.06. The van der Waals surface area contributed by atoms with Gasteiger partial charge in [0.1, 0.15) is 5.70 Å². The molecule has 1 saturated carbocycles. The van der Waals surface area contributed by atoms with Crippen LogP contribution >= 0.6 is 0 Å². The molecule has 19 heavy (non-hydrogen) atoms. The number of hydrogen-bond acceptors (Lipinski definition) is 5. The lowest BCUT2D eigenvalue weighted by molar-refractivity contribution is -0.118. The predicted molar refractivity (Wildman–Crippen MR) is 68.9 cm³/mol. The van der Waals surface area contributed by atoms with Crippen LogP contribution in [0.4, 0.5) is 0 Å². The highest BCUT2D eigenvalue weighted by Crippen LogP contribution is 2.50. The molecule has 0 bridgehead atoms. The van der Waals surface area contributed by atoms with Crippen LogP contribution < -0.4 is 21.5 Å². The second-order valence-electron chi connectivity index (χ2n) is 5.51. The van der Waals surface area contributed by atoms with Gasteiger partial charge in [-0.1, -0.05) is 11.6 Å². The standard InChI is InChI=1S/C13H18N4O2/c18-13(15-6-8-5-14-1-2-19-8)12-10-4-7-3-9(7)11(10)16-17-12/h4,8-9,11,14,16-17H,1-3,5-6H2,(H,15,18). The van der Waals surface area contributed by atoms with Crippen LogP contribution in [0, 0.1) is 5.92 Å². The molecule has 2 fully saturated rings. The van der Waals surface area contributed by atoms with Crippen LogP contribution in [0.15, 0.2) is 22.9 Å². The molecule has 0 spiro atoms. The summed E-state index contributed by atoms with van der Waals surface area (Å²) in [5, 5.41) is 6.19. The van der Waals surface area contributed by atoms with E-state index in [9.17, 15) is 4.79 Å². The van der Waals surface area contributed by atoms with E-state index in [1.54, 1.807) is 0 Å². The first kappa shape index (κ1) is 11.5. The highest BCUT2D eigenvalue weighted by atomic mass is 16.5. The zero-order valence-electron chi connectivity index (χ0n) is 10.7. The average Bonchev–Trinajstić information content (AvgIpc) is 2.93. The summed E-state index contributed by atoms with van der Waals surface area (Å²) in [5.41, 5.74) is 9.48. The van der Waals surface area contributed by atoms with Gasteiger partial charge in [-0.3, -0.25) is 4.79 Å². The number of hydrazine groups is 1. The molecule has 3 unspecified atom stereocenters. The molecular weight excluding hydrogens is 244 g/mol. The van der Waals surface area contributed by atoms with Crippen molar-refractivity contribution in [3.8, 4) is 0 Å². The van der Waals surface area contributed by atoms with Crippen LogP contribution in [0.3, 0.4) is 0 Å². The minimum absolute atomic E-state index is 0.0441. The molecule has 2 aliphatic carbocycles. The number of rotatable bonds is 3. The Morgan fingerprint density at radius 1 is 1.53 bits per heavy atom. The van der Waals surface area contributed by atoms with E-state index in [1.165, 1.54) is 12.0 Å². The summed E-state index contributed by atoms with van der Waals surface area (Å²) >= 11 is 0. The predicted octanol–water partition coefficient (Wildman–Crippen LogP) is -1.22. The topological polar surface area (TPSA) is 74.4 Å². The molecule has 3 atom stereocenters. The average molecular weight is 262 g/mol. The molecule has 0 radical (unpaired) electrons. The van der Waals surface area contributed by atoms with E-state index in [4.69, 9.17) is 4.74 Å². The van der Waals surface area contributed by atoms with Gasteiger partial charge in [-0.15, -0.1) is 0 Å². The van der Waals surface area contributed by atoms with Crippen LogP contribution in [-0.2, 0) is 9.53 Å². The van der Waals surface area contributed by atoms with Gasteiger partial charge in [0.2, 0.25) is 0 Å². The van der Waals surface area contributed by atoms with Crippen molar-refractivity contribution in [3.63, 3.8) is 0 Å². The molecule has 102 valence electrons. The number of morpholine rings is 1. The molecule has 0 aromatic rings. The number of hydrogen-bond donors (Lipinski definition) is 4. The molecule has 0 aromatic carbocycles. The molecule has 4 aliphatic rings. The Kier molecular flexibility index (Phi) is 2.61. The summed E-state index contributed by atoms with van der Waals surface area (Å²) in [6, 6.07) is 0.309. The fraction of sp³-hybridized carbons (Fsp3) is 0.615. The van der Waals surface area contributed by atoms with Gasteiger partial charge in [-0.2, -0.15) is 0 Å². The molecule has 6 heteroatoms. The number of ether oxygens (including phenoxy) is 1. The van der Waals surface area contributed by atoms with E-state index in [0.717, 1.165) is 18.7 Å². The molecular formula is C13H18N4O2. The highest BCUT2D eigenvalue weighted by molar-refractivity contribution is 5.95. The van der Waals surface area contributed by atoms with Gasteiger partial charge in [0.15, 0.2) is 0 Å². The highest BCUT2D eigenvalue weighted by Gasteiger charge is 2.48. The summed E-state index contributed by atoms with van der Waals surface area (Å²) in [6.07, 6.45) is 3.42. The van der Waals surface area contributed by atoms with Gasteiger partial charge in [-0.05, 0) is 6.42 Å². The van der Waals surface area contributed by atoms with Crippen LogP contribution in [-0.4, -0.2) is 44.3 Å². The van der Waals surface area contributed by atoms with Gasteiger partial charge >= 0.3 is 0 Å². The van der Waals surface area contributed by atoms with Gasteiger partial charge in [0.25, 0.3) is 5.91 Å². The maximum atomic E-state index is 12.2. The van der Waals surface area contributed by atoms with E-state index in [2.05, 4.69) is 27.6 Å². The van der Waals surface area contributed by atoms with Crippen LogP contribution in [0.25, 0.3) is 0 Å². The first-order chi connectivity index (χ1) is 9.33. The second-order valence-corrected chi connectivity index (χ2v) is 5.51. The van der Waals surface area contributed by atoms with Crippen molar-refractivity contribution in [1.82, 2.24) is 21.5 Å². The maximum absolute atomic E-state index is 12.2. The van der Waals surface area contributed by atoms with Crippen LogP contribution in [0.1, 0.15) is 6.42 Å². The Balaban J connectivity index is 1.38. The Bertz CT molecular complexity index is 479. The fourth-order valence-electron chi connectivity index (χ4n) is 3.06. The van der Waals surface area contributed by atoms with Crippen molar-refractivity contribution in [2.45, 2.75) is 18.6 Å². The minimum atomic E-state index is -0.0441. The molecule has 4 rings (SSSR count). The summed E-state index contributed by atoms with van der Waals surface area (Å²) in [7, 11) is 0. The van der Waals surface area contributed by atoms with Gasteiger partial charge < -0.3 is 20.8 Å². The third-order valence-electron chi connectivity index (χ3n) is 4.21. The van der Waals surface area contributed by atoms with Gasteiger partial charge in [0, 0.05) is 31.1 Å². The first-order valence-electron chi connectivity index (χ1n) is 6.89. The maximum Gasteiger partial charge on any atom is 0.269 e. The Morgan fingerprint density at radius 2 is 2.47 bits per heavy atom. The SMILES string of the molecule is O=C(NCC1CNCCO1)C1=C2C=C3CC3C2NN1. The van der Waals surface area contributed by atoms with E-state index in [-0.39, 0.29) is 12.0 Å². The van der Waals surface area contributed by atoms with Crippen molar-refractivity contribution in [2.75, 3.05) is 26.2 Å². The molecule has 6 nitrogen and oxygen atoms in total. The van der Waals surface area contributed by atoms with Crippen molar-refractivity contribution in [2.24, 2.45) is 5.92 Å². The molecule has 0 aromatic heterocycles. The summed E-state index contributed by atoms with van der Waals surface area (Å²) in [6.45, 7) is 2.95. The van der Waals surface area contributed by atoms with Crippen LogP contribution in [0.2, 0.25) is 0 Å². The lowest BCUT2D eigenvalue weighted by atomic mass is 10.1. The first-order valence-corrected chi connectivity index (χ1v) is 6.89. The van der Waals surface area contributed by atoms with Crippen LogP contribution in [0.5, 0.6) is 0 Å². The molecule has 4 N–H and O–H groups in total. The monoisotopic (exact) mass is 262 g/mol. The van der Waals surface area contributed by atoms with Gasteiger partial charge in [0.05, 0.1) is 18.8 Å². The lowest BCUT2D eigenvalue weighted by Crippen LogP contribution is -2.46. The van der Waals surface area contributed by atoms with Crippen molar-refractivity contribution < 1.29 is 9.53 Å². The van der Waals surface area contributed by atoms with Crippen molar-refractivity contribution in [1.29, 1.82) is 0 Å². The quantitative estimate of drug-likeness (QED) is 0.513. The Morgan fingerprint density at radius 3 is 3.32 bits per heavy atom. The molecule has 2 heterocycles. The second kappa shape index (κ2) is 4.33. The summed E-state index contributed by atoms with van der Waals surface area (Å²) in [4.78, 5) is 12.2. The van der Waals surface area contributed by atoms with Crippen molar-refractivity contribution >= 4 is 5.91 Å². The molecule has 1 saturated heterocycles. The number of fused-ring (bicyclic) bond motifs is 3. The van der Waals surface area contributed by atoms with E-state index < -0.39 is 0 Å². The Labute approximate surface area is 111 Å². The molecule has 1 amide bonds. The zero-order valence-corrected chi connectivity index (χ0v) is 10.7. The van der Waals surface area contributed by atoms with E-state index >= 15 is 0 Å². The van der Waals surface area contributed by atoms with E-state index in [0.29, 0.717) is 30.8 Å². The number of carbonyl (C=O) groups is 1. The summed E-state index contributed by atoms with van der Waals surface area (Å²) < 4.78 is 5.56. The van der Waals surface area contributed by atoms with Crippen molar-refractivity contribution in [3.05, 3.63) is 22.9 Å². The number of carbonyl (C=O) groups excluding carboxylic acids is 1.